The smallest absolute Gasteiger partial charge is 0.337 e. The number of thiol groups is 1. The first-order valence-corrected chi connectivity index (χ1v) is 29.0. The number of carbonyl (C=O) groups excluding carboxylic acids is 3. The molecule has 30 heteroatoms. The van der Waals surface area contributed by atoms with Crippen LogP contribution in [0.3, 0.4) is 0 Å². The van der Waals surface area contributed by atoms with Gasteiger partial charge in [0.2, 0.25) is 0 Å². The van der Waals surface area contributed by atoms with E-state index in [0.29, 0.717) is 25.8 Å². The molecule has 4 N–H and O–H groups in total. The first-order valence-electron chi connectivity index (χ1n) is 24.5. The van der Waals surface area contributed by atoms with E-state index in [9.17, 15) is 54.0 Å². The van der Waals surface area contributed by atoms with Crippen LogP contribution in [-0.4, -0.2) is 72.3 Å². The molecule has 1 amide bonds. The third-order valence-corrected chi connectivity index (χ3v) is 10.4. The normalized spacial score (nSPS) is 7.99. The van der Waals surface area contributed by atoms with Crippen molar-refractivity contribution in [3.8, 4) is 0 Å². The van der Waals surface area contributed by atoms with Gasteiger partial charge in [0.15, 0.2) is 0 Å². The molecule has 0 spiro atoms. The minimum absolute atomic E-state index is 0. The van der Waals surface area contributed by atoms with Gasteiger partial charge in [-0.15, -0.1) is 12.6 Å². The van der Waals surface area contributed by atoms with E-state index >= 15 is 0 Å². The molecule has 6 aromatic carbocycles. The maximum Gasteiger partial charge on any atom is 0.337 e. The van der Waals surface area contributed by atoms with Crippen molar-refractivity contribution < 1.29 is 205 Å². The van der Waals surface area contributed by atoms with Crippen molar-refractivity contribution in [1.82, 2.24) is 5.32 Å². The van der Waals surface area contributed by atoms with Crippen LogP contribution in [0, 0.1) is 7.43 Å². The van der Waals surface area contributed by atoms with E-state index in [2.05, 4.69) is 27.4 Å². The fraction of sp³-hybridized carbons (Fsp3) is 0.259. The molecule has 0 saturated heterocycles. The van der Waals surface area contributed by atoms with Crippen molar-refractivity contribution in [2.24, 2.45) is 0 Å². The Bertz CT molecular complexity index is 2870. The number of carbonyl (C=O) groups is 6. The fourth-order valence-corrected chi connectivity index (χ4v) is 6.35. The molecule has 0 heterocycles. The van der Waals surface area contributed by atoms with Crippen molar-refractivity contribution in [2.45, 2.75) is 112 Å². The minimum atomic E-state index is -2.37. The summed E-state index contributed by atoms with van der Waals surface area (Å²) in [6, 6.07) is 36.1. The first-order chi connectivity index (χ1) is 38.5. The molecule has 0 bridgehead atoms. The van der Waals surface area contributed by atoms with Gasteiger partial charge in [0.1, 0.15) is 0 Å². The number of nitrogens with one attached hydrogen (secondary N) is 1. The Morgan fingerprint density at radius 1 is 0.386 bits per heavy atom. The summed E-state index contributed by atoms with van der Waals surface area (Å²) in [6.07, 6.45) is 0. The molecule has 0 aliphatic carbocycles. The van der Waals surface area contributed by atoms with Gasteiger partial charge in [-0.25, -0.2) is 24.0 Å². The van der Waals surface area contributed by atoms with Crippen molar-refractivity contribution in [1.29, 1.82) is 0 Å². The van der Waals surface area contributed by atoms with Gasteiger partial charge in [0.05, 0.1) is 42.0 Å². The number of rotatable bonds is 9. The number of carboxylic acids is 3. The Kier molecular flexibility index (Phi) is 100. The maximum absolute atomic E-state index is 11.1. The zero-order valence-corrected chi connectivity index (χ0v) is 73.9. The Hall–Kier alpha value is -3.09. The second kappa shape index (κ2) is 76.4. The molecule has 0 aliphatic heterocycles. The van der Waals surface area contributed by atoms with Crippen molar-refractivity contribution in [3.05, 3.63) is 186 Å². The Labute approximate surface area is 629 Å². The number of benzene rings is 6. The van der Waals surface area contributed by atoms with Crippen LogP contribution >= 0.6 is 12.6 Å². The summed E-state index contributed by atoms with van der Waals surface area (Å²) in [4.78, 5) is 66.0. The molecule has 0 radical (unpaired) electrons. The molecular weight excluding hydrogens is 2280 g/mol. The molecule has 0 saturated carbocycles. The molecule has 88 heavy (non-hydrogen) atoms. The molecule has 0 unspecified atom stereocenters. The van der Waals surface area contributed by atoms with Gasteiger partial charge < -0.3 is 88.0 Å². The van der Waals surface area contributed by atoms with E-state index in [1.165, 1.54) is 106 Å². The van der Waals surface area contributed by atoms with Gasteiger partial charge in [0.25, 0.3) is 5.91 Å². The van der Waals surface area contributed by atoms with E-state index in [1.807, 2.05) is 83.1 Å². The van der Waals surface area contributed by atoms with Crippen LogP contribution < -0.4 is 5.32 Å². The van der Waals surface area contributed by atoms with Crippen LogP contribution in [0.25, 0.3) is 0 Å². The SMILES string of the molecule is CC.CC.CC.CC.CC.CC.CNC(=O)c1cccc([S-](=O)=O)c1.COC(=O)c1cccc([S-](=O)=O)c1.COC(=O)c1cccc([S-])c1.O=C(O)c1cccc(S)c1.O=C(O)c1cccc([S-](=O)=O)c1.O=C(O)c1cccc([S-])c1.[CH3-].[W].[W].[W].[W].[W].[W]. The predicted octanol–water partition coefficient (Wildman–Crippen LogP) is 13.8. The topological polar surface area (TPSA) is 296 Å². The molecular formula is C58H77NO17S6W6-6. The summed E-state index contributed by atoms with van der Waals surface area (Å²) in [5, 5.41) is 27.8. The van der Waals surface area contributed by atoms with E-state index < -0.39 is 56.0 Å². The molecule has 0 aromatic heterocycles. The van der Waals surface area contributed by atoms with Crippen molar-refractivity contribution in [3.63, 3.8) is 0 Å². The van der Waals surface area contributed by atoms with Crippen LogP contribution in [0.5, 0.6) is 0 Å². The molecule has 0 fully saturated rings. The maximum atomic E-state index is 11.1. The number of ether oxygens (including phenoxy) is 2. The van der Waals surface area contributed by atoms with Crippen molar-refractivity contribution in [2.75, 3.05) is 21.3 Å². The van der Waals surface area contributed by atoms with Gasteiger partial charge in [-0.3, -0.25) is 4.79 Å². The zero-order chi connectivity index (χ0) is 64.2. The molecule has 494 valence electrons. The largest absolute Gasteiger partial charge is 0.780 e. The van der Waals surface area contributed by atoms with E-state index in [0.717, 1.165) is 6.07 Å². The van der Waals surface area contributed by atoms with Gasteiger partial charge in [-0.05, 0) is 80.6 Å². The Morgan fingerprint density at radius 3 is 0.864 bits per heavy atom. The standard InChI is InChI=1S/C8H8NO3S.C8H7O4S.C8H8O2S.C7H5O4S.2C7H6O2S.6C2H6.CH3.6W/c1-9-8(10)6-3-2-4-7(5-6)13(11)12;1-12-8(9)6-3-2-4-7(5-6)13(10)11;1-10-8(9)6-3-2-4-7(11)5-6;8-7(9)5-2-1-3-6(4-5)12(10)11;2*8-7(9)5-2-1-3-6(10)4-5;6*1-2;;;;;;;/h2-5H,1H3,(H,9,10);2-5H,1H3;2-5,11H,1H3;1-4H,(H,8,9);2*1-4,10H,(H,8,9);6*1-2H3;1H3;;;;;;/q2*-1;;-1;;;;;;;;;-1;;;;;;/p-2. The summed E-state index contributed by atoms with van der Waals surface area (Å²) in [6.45, 7) is 24.0. The fourth-order valence-electron chi connectivity index (χ4n) is 4.47. The van der Waals surface area contributed by atoms with Crippen LogP contribution in [0.1, 0.15) is 145 Å². The summed E-state index contributed by atoms with van der Waals surface area (Å²) >= 11 is 13.6. The van der Waals surface area contributed by atoms with E-state index in [4.69, 9.17) is 40.6 Å². The molecule has 0 aliphatic rings. The Balaban J connectivity index is -0.0000000664. The Morgan fingerprint density at radius 2 is 0.614 bits per heavy atom. The van der Waals surface area contributed by atoms with Gasteiger partial charge >= 0.3 is 29.8 Å². The molecule has 18 nitrogen and oxygen atoms in total. The summed E-state index contributed by atoms with van der Waals surface area (Å²) in [7, 11) is -2.90. The quantitative estimate of drug-likeness (QED) is 0.0389. The van der Waals surface area contributed by atoms with Crippen LogP contribution in [0.2, 0.25) is 0 Å². The second-order valence-electron chi connectivity index (χ2n) is 12.4. The first kappa shape index (κ1) is 116. The van der Waals surface area contributed by atoms with Crippen LogP contribution in [-0.2, 0) is 218 Å². The minimum Gasteiger partial charge on any atom is -0.780 e. The number of hydrogen-bond acceptors (Lipinski definition) is 20. The number of amides is 1. The van der Waals surface area contributed by atoms with Crippen molar-refractivity contribution >= 4 is 106 Å². The van der Waals surface area contributed by atoms with Crippen LogP contribution in [0.15, 0.2) is 175 Å². The predicted molar refractivity (Wildman–Crippen MR) is 330 cm³/mol. The van der Waals surface area contributed by atoms with E-state index in [-0.39, 0.29) is 183 Å². The van der Waals surface area contributed by atoms with E-state index in [1.54, 1.807) is 54.6 Å². The monoisotopic (exact) mass is 2360 g/mol. The number of methoxy groups -OCH3 is 2. The number of aromatic carboxylic acids is 3. The third-order valence-electron chi connectivity index (χ3n) is 7.67. The van der Waals surface area contributed by atoms with Crippen LogP contribution in [0.4, 0.5) is 0 Å². The number of hydrogen-bond donors (Lipinski definition) is 5. The van der Waals surface area contributed by atoms with Gasteiger partial charge in [-0.1, -0.05) is 195 Å². The molecule has 6 aromatic rings. The van der Waals surface area contributed by atoms with Gasteiger partial charge in [-0.2, -0.15) is 9.79 Å². The summed E-state index contributed by atoms with van der Waals surface area (Å²) < 4.78 is 71.8. The second-order valence-corrected chi connectivity index (χ2v) is 16.7. The molecule has 6 rings (SSSR count). The average molecular weight is 2360 g/mol. The number of carboxylic acid groups (broad SMARTS) is 3. The average Bonchev–Trinajstić information content (AvgIpc) is 3.52. The number of esters is 2. The molecule has 0 atom stereocenters. The third kappa shape index (κ3) is 56.9. The van der Waals surface area contributed by atoms with Gasteiger partial charge in [0, 0.05) is 144 Å². The zero-order valence-electron chi connectivity index (χ0n) is 51.4. The summed E-state index contributed by atoms with van der Waals surface area (Å²) in [5.41, 5.74) is 1.55. The summed E-state index contributed by atoms with van der Waals surface area (Å²) in [5.74, 6) is -4.19.